The second kappa shape index (κ2) is 8.12. The van der Waals surface area contributed by atoms with E-state index in [4.69, 9.17) is 4.74 Å². The molecule has 0 saturated carbocycles. The number of nitrogens with one attached hydrogen (secondary N) is 2. The molecular weight excluding hydrogens is 280 g/mol. The fourth-order valence-electron chi connectivity index (χ4n) is 1.88. The van der Waals surface area contributed by atoms with Gasteiger partial charge in [-0.3, -0.25) is 4.79 Å². The van der Waals surface area contributed by atoms with Crippen LogP contribution in [0.3, 0.4) is 0 Å². The van der Waals surface area contributed by atoms with Gasteiger partial charge < -0.3 is 20.5 Å². The Kier molecular flexibility index (Phi) is 6.50. The maximum atomic E-state index is 10.4. The summed E-state index contributed by atoms with van der Waals surface area (Å²) >= 11 is 0. The van der Waals surface area contributed by atoms with Crippen molar-refractivity contribution in [2.24, 2.45) is 0 Å². The number of benzene rings is 1. The van der Waals surface area contributed by atoms with Crippen molar-refractivity contribution < 1.29 is 14.6 Å². The van der Waals surface area contributed by atoms with Crippen LogP contribution in [0.5, 0.6) is 5.75 Å². The molecule has 0 unspecified atom stereocenters. The summed E-state index contributed by atoms with van der Waals surface area (Å²) in [6.45, 7) is 10.3. The summed E-state index contributed by atoms with van der Waals surface area (Å²) in [6, 6.07) is 4.85. The number of aromatic hydroxyl groups is 1. The van der Waals surface area contributed by atoms with E-state index in [0.29, 0.717) is 17.8 Å². The largest absolute Gasteiger partial charge is 0.506 e. The van der Waals surface area contributed by atoms with E-state index >= 15 is 0 Å². The van der Waals surface area contributed by atoms with Gasteiger partial charge in [-0.05, 0) is 57.9 Å². The van der Waals surface area contributed by atoms with Gasteiger partial charge in [0.15, 0.2) is 6.73 Å². The molecule has 120 valence electrons. The zero-order chi connectivity index (χ0) is 16.7. The molecule has 1 rings (SSSR count). The molecule has 1 aromatic carbocycles. The van der Waals surface area contributed by atoms with Gasteiger partial charge in [-0.15, -0.1) is 0 Å². The SMILES string of the molecule is CC(C)=C(C)C(OCNc1ccc(NC=O)cc1O)=C(C)C. The zero-order valence-corrected chi connectivity index (χ0v) is 13.8. The Morgan fingerprint density at radius 2 is 1.86 bits per heavy atom. The fraction of sp³-hybridized carbons (Fsp3) is 0.353. The number of amides is 1. The number of anilines is 2. The Morgan fingerprint density at radius 3 is 2.36 bits per heavy atom. The number of phenols is 1. The first-order chi connectivity index (χ1) is 10.4. The number of allylic oxidation sites excluding steroid dienone is 3. The molecule has 1 aromatic rings. The van der Waals surface area contributed by atoms with E-state index < -0.39 is 0 Å². The van der Waals surface area contributed by atoms with Crippen molar-refractivity contribution in [3.8, 4) is 5.75 Å². The second-order valence-corrected chi connectivity index (χ2v) is 5.41. The van der Waals surface area contributed by atoms with E-state index in [1.54, 1.807) is 12.1 Å². The summed E-state index contributed by atoms with van der Waals surface area (Å²) < 4.78 is 5.79. The minimum atomic E-state index is 0.0492. The third-order valence-electron chi connectivity index (χ3n) is 3.25. The fourth-order valence-corrected chi connectivity index (χ4v) is 1.88. The summed E-state index contributed by atoms with van der Waals surface area (Å²) in [4.78, 5) is 10.4. The highest BCUT2D eigenvalue weighted by molar-refractivity contribution is 5.74. The van der Waals surface area contributed by atoms with Crippen molar-refractivity contribution in [1.29, 1.82) is 0 Å². The normalized spacial score (nSPS) is 9.68. The van der Waals surface area contributed by atoms with Crippen LogP contribution in [0.25, 0.3) is 0 Å². The maximum Gasteiger partial charge on any atom is 0.211 e. The molecule has 0 aliphatic rings. The Bertz CT molecular complexity index is 596. The monoisotopic (exact) mass is 304 g/mol. The molecule has 1 amide bonds. The van der Waals surface area contributed by atoms with E-state index in [9.17, 15) is 9.90 Å². The molecule has 22 heavy (non-hydrogen) atoms. The molecule has 0 radical (unpaired) electrons. The number of carbonyl (C=O) groups is 1. The average molecular weight is 304 g/mol. The topological polar surface area (TPSA) is 70.6 Å². The van der Waals surface area contributed by atoms with Gasteiger partial charge >= 0.3 is 0 Å². The summed E-state index contributed by atoms with van der Waals surface area (Å²) in [5.74, 6) is 0.902. The Hall–Kier alpha value is -2.43. The van der Waals surface area contributed by atoms with Gasteiger partial charge in [-0.2, -0.15) is 0 Å². The number of ether oxygens (including phenoxy) is 1. The molecule has 0 heterocycles. The van der Waals surface area contributed by atoms with E-state index in [1.165, 1.54) is 11.6 Å². The molecular formula is C17H24N2O3. The van der Waals surface area contributed by atoms with E-state index in [-0.39, 0.29) is 12.5 Å². The number of rotatable bonds is 7. The molecule has 0 saturated heterocycles. The molecule has 0 aliphatic heterocycles. The van der Waals surface area contributed by atoms with E-state index in [2.05, 4.69) is 10.6 Å². The predicted molar refractivity (Wildman–Crippen MR) is 89.8 cm³/mol. The molecule has 0 aromatic heterocycles. The number of carbonyl (C=O) groups excluding carboxylic acids is 1. The van der Waals surface area contributed by atoms with Crippen molar-refractivity contribution in [1.82, 2.24) is 0 Å². The minimum Gasteiger partial charge on any atom is -0.506 e. The van der Waals surface area contributed by atoms with Crippen molar-refractivity contribution in [2.75, 3.05) is 17.4 Å². The van der Waals surface area contributed by atoms with Crippen LogP contribution in [0.1, 0.15) is 34.6 Å². The molecule has 0 spiro atoms. The van der Waals surface area contributed by atoms with E-state index in [0.717, 1.165) is 16.9 Å². The molecule has 3 N–H and O–H groups in total. The predicted octanol–water partition coefficient (Wildman–Crippen LogP) is 4.00. The lowest BCUT2D eigenvalue weighted by molar-refractivity contribution is -0.105. The van der Waals surface area contributed by atoms with Gasteiger partial charge in [0.1, 0.15) is 11.5 Å². The van der Waals surface area contributed by atoms with Crippen LogP contribution in [0.2, 0.25) is 0 Å². The van der Waals surface area contributed by atoms with Gasteiger partial charge in [0.25, 0.3) is 0 Å². The Labute approximate surface area is 131 Å². The highest BCUT2D eigenvalue weighted by Crippen LogP contribution is 2.27. The standard InChI is InChI=1S/C17H24N2O3/c1-11(2)13(5)17(12(3)4)22-10-19-15-7-6-14(18-9-20)8-16(15)21/h6-9,19,21H,10H2,1-5H3,(H,18,20). The summed E-state index contributed by atoms with van der Waals surface area (Å²) in [7, 11) is 0. The molecule has 5 heteroatoms. The summed E-state index contributed by atoms with van der Waals surface area (Å²) in [5, 5.41) is 15.4. The van der Waals surface area contributed by atoms with Crippen LogP contribution < -0.4 is 10.6 Å². The Balaban J connectivity index is 2.73. The maximum absolute atomic E-state index is 10.4. The lowest BCUT2D eigenvalue weighted by atomic mass is 10.1. The van der Waals surface area contributed by atoms with Gasteiger partial charge in [0.2, 0.25) is 6.41 Å². The van der Waals surface area contributed by atoms with E-state index in [1.807, 2.05) is 34.6 Å². The van der Waals surface area contributed by atoms with Crippen molar-refractivity contribution >= 4 is 17.8 Å². The third kappa shape index (κ3) is 4.84. The number of phenolic OH excluding ortho intramolecular Hbond substituents is 1. The van der Waals surface area contributed by atoms with Gasteiger partial charge in [-0.25, -0.2) is 0 Å². The Morgan fingerprint density at radius 1 is 1.18 bits per heavy atom. The van der Waals surface area contributed by atoms with Crippen LogP contribution in [-0.2, 0) is 9.53 Å². The first-order valence-electron chi connectivity index (χ1n) is 7.08. The van der Waals surface area contributed by atoms with Crippen LogP contribution in [0, 0.1) is 0 Å². The third-order valence-corrected chi connectivity index (χ3v) is 3.25. The van der Waals surface area contributed by atoms with Crippen LogP contribution >= 0.6 is 0 Å². The molecule has 0 bridgehead atoms. The van der Waals surface area contributed by atoms with Crippen LogP contribution in [0.4, 0.5) is 11.4 Å². The summed E-state index contributed by atoms with van der Waals surface area (Å²) in [5.41, 5.74) is 4.47. The van der Waals surface area contributed by atoms with Crippen molar-refractivity contribution in [3.63, 3.8) is 0 Å². The van der Waals surface area contributed by atoms with Gasteiger partial charge in [-0.1, -0.05) is 5.57 Å². The van der Waals surface area contributed by atoms with Crippen LogP contribution in [0.15, 0.2) is 40.7 Å². The number of hydrogen-bond acceptors (Lipinski definition) is 4. The molecule has 0 fully saturated rings. The summed E-state index contributed by atoms with van der Waals surface area (Å²) in [6.07, 6.45) is 0.564. The van der Waals surface area contributed by atoms with Crippen molar-refractivity contribution in [2.45, 2.75) is 34.6 Å². The quantitative estimate of drug-likeness (QED) is 0.234. The zero-order valence-electron chi connectivity index (χ0n) is 13.8. The van der Waals surface area contributed by atoms with Gasteiger partial charge in [0.05, 0.1) is 5.69 Å². The van der Waals surface area contributed by atoms with Crippen molar-refractivity contribution in [3.05, 3.63) is 40.7 Å². The highest BCUT2D eigenvalue weighted by Gasteiger charge is 2.07. The number of hydrogen-bond donors (Lipinski definition) is 3. The minimum absolute atomic E-state index is 0.0492. The smallest absolute Gasteiger partial charge is 0.211 e. The lowest BCUT2D eigenvalue weighted by Crippen LogP contribution is -2.08. The first-order valence-corrected chi connectivity index (χ1v) is 7.08. The van der Waals surface area contributed by atoms with Gasteiger partial charge in [0, 0.05) is 11.8 Å². The van der Waals surface area contributed by atoms with Crippen LogP contribution in [-0.4, -0.2) is 18.2 Å². The highest BCUT2D eigenvalue weighted by atomic mass is 16.5. The second-order valence-electron chi connectivity index (χ2n) is 5.41. The lowest BCUT2D eigenvalue weighted by Gasteiger charge is -2.16. The first kappa shape index (κ1) is 17.6. The molecule has 5 nitrogen and oxygen atoms in total. The molecule has 0 aliphatic carbocycles. The average Bonchev–Trinajstić information content (AvgIpc) is 2.44. The molecule has 0 atom stereocenters.